The van der Waals surface area contributed by atoms with Crippen molar-refractivity contribution in [3.63, 3.8) is 0 Å². The van der Waals surface area contributed by atoms with Crippen LogP contribution in [0.1, 0.15) is 76.7 Å². The van der Waals surface area contributed by atoms with Gasteiger partial charge in [-0.1, -0.05) is 75.8 Å². The highest BCUT2D eigenvalue weighted by Gasteiger charge is 2.33. The summed E-state index contributed by atoms with van der Waals surface area (Å²) >= 11 is 0. The van der Waals surface area contributed by atoms with E-state index in [1.807, 2.05) is 30.3 Å². The summed E-state index contributed by atoms with van der Waals surface area (Å²) in [6.07, 6.45) is 10.8. The van der Waals surface area contributed by atoms with Crippen molar-refractivity contribution in [3.05, 3.63) is 35.9 Å². The van der Waals surface area contributed by atoms with Gasteiger partial charge in [-0.3, -0.25) is 14.8 Å². The maximum Gasteiger partial charge on any atom is 0.258 e. The van der Waals surface area contributed by atoms with Crippen molar-refractivity contribution in [2.45, 2.75) is 83.6 Å². The Morgan fingerprint density at radius 2 is 1.71 bits per heavy atom. The molecule has 2 amide bonds. The average molecular weight is 432 g/mol. The van der Waals surface area contributed by atoms with Crippen LogP contribution in [0.2, 0.25) is 0 Å². The fourth-order valence-corrected chi connectivity index (χ4v) is 4.40. The first-order chi connectivity index (χ1) is 15.0. The monoisotopic (exact) mass is 431 g/mol. The number of unbranched alkanes of at least 4 members (excludes halogenated alkanes) is 4. The van der Waals surface area contributed by atoms with Crippen LogP contribution in [0.15, 0.2) is 30.3 Å². The van der Waals surface area contributed by atoms with Crippen LogP contribution in [0.3, 0.4) is 0 Å². The molecular formula is C25H41N3O3. The summed E-state index contributed by atoms with van der Waals surface area (Å²) in [6.45, 7) is 4.84. The van der Waals surface area contributed by atoms with E-state index in [9.17, 15) is 14.8 Å². The number of nitrogens with zero attached hydrogens (tertiary/aromatic N) is 2. The summed E-state index contributed by atoms with van der Waals surface area (Å²) in [4.78, 5) is 27.5. The molecule has 6 heteroatoms. The number of aryl methyl sites for hydroxylation is 1. The molecule has 31 heavy (non-hydrogen) atoms. The molecule has 174 valence electrons. The van der Waals surface area contributed by atoms with Crippen LogP contribution in [-0.2, 0) is 16.0 Å². The zero-order chi connectivity index (χ0) is 22.5. The molecule has 0 spiro atoms. The van der Waals surface area contributed by atoms with Gasteiger partial charge in [0.1, 0.15) is 5.92 Å². The number of primary amides is 1. The van der Waals surface area contributed by atoms with Gasteiger partial charge in [-0.15, -0.1) is 0 Å². The summed E-state index contributed by atoms with van der Waals surface area (Å²) < 4.78 is 0. The van der Waals surface area contributed by atoms with Crippen molar-refractivity contribution in [1.29, 1.82) is 0 Å². The predicted molar refractivity (Wildman–Crippen MR) is 124 cm³/mol. The Bertz CT molecular complexity index is 647. The number of carbonyl (C=O) groups is 2. The molecule has 1 aromatic carbocycles. The Labute approximate surface area is 187 Å². The Balaban J connectivity index is 2.00. The Hall–Kier alpha value is -1.92. The third-order valence-corrected chi connectivity index (χ3v) is 6.34. The molecule has 0 radical (unpaired) electrons. The van der Waals surface area contributed by atoms with Crippen molar-refractivity contribution in [2.24, 2.45) is 11.7 Å². The van der Waals surface area contributed by atoms with Crippen LogP contribution in [-0.4, -0.2) is 52.7 Å². The number of benzene rings is 1. The summed E-state index contributed by atoms with van der Waals surface area (Å²) in [6, 6.07) is 9.43. The average Bonchev–Trinajstić information content (AvgIpc) is 2.79. The number of hydroxylamine groups is 2. The number of amides is 2. The lowest BCUT2D eigenvalue weighted by Crippen LogP contribution is -2.50. The van der Waals surface area contributed by atoms with E-state index in [1.165, 1.54) is 25.7 Å². The molecule has 0 saturated carbocycles. The third kappa shape index (κ3) is 8.99. The van der Waals surface area contributed by atoms with Gasteiger partial charge in [-0.2, -0.15) is 0 Å². The van der Waals surface area contributed by atoms with Crippen LogP contribution in [0.4, 0.5) is 0 Å². The van der Waals surface area contributed by atoms with E-state index >= 15 is 0 Å². The minimum Gasteiger partial charge on any atom is -0.369 e. The molecule has 1 saturated heterocycles. The minimum atomic E-state index is -1.01. The first kappa shape index (κ1) is 25.3. The SMILES string of the molecule is CCCCCCCC(CN1CCCCC1)N(O)C(=O)C(CCc1ccccc1)C(N)=O. The van der Waals surface area contributed by atoms with Crippen LogP contribution in [0.5, 0.6) is 0 Å². The second-order valence-corrected chi connectivity index (χ2v) is 8.88. The van der Waals surface area contributed by atoms with Crippen molar-refractivity contribution in [2.75, 3.05) is 19.6 Å². The van der Waals surface area contributed by atoms with E-state index in [1.54, 1.807) is 0 Å². The lowest BCUT2D eigenvalue weighted by Gasteiger charge is -2.34. The van der Waals surface area contributed by atoms with Crippen LogP contribution >= 0.6 is 0 Å². The zero-order valence-electron chi connectivity index (χ0n) is 19.2. The standard InChI is InChI=1S/C25H41N3O3/c1-2-3-4-5-10-15-22(20-27-18-11-7-12-19-27)28(31)25(30)23(24(26)29)17-16-21-13-8-6-9-14-21/h6,8-9,13-14,22-23,31H,2-5,7,10-12,15-20H2,1H3,(H2,26,29). The highest BCUT2D eigenvalue weighted by molar-refractivity contribution is 5.99. The summed E-state index contributed by atoms with van der Waals surface area (Å²) in [7, 11) is 0. The molecule has 1 aliphatic rings. The first-order valence-corrected chi connectivity index (χ1v) is 12.1. The number of hydrogen-bond donors (Lipinski definition) is 2. The van der Waals surface area contributed by atoms with Crippen molar-refractivity contribution in [3.8, 4) is 0 Å². The van der Waals surface area contributed by atoms with Gasteiger partial charge in [-0.25, -0.2) is 5.06 Å². The van der Waals surface area contributed by atoms with Crippen molar-refractivity contribution < 1.29 is 14.8 Å². The Morgan fingerprint density at radius 1 is 1.03 bits per heavy atom. The summed E-state index contributed by atoms with van der Waals surface area (Å²) in [5.74, 6) is -2.23. The van der Waals surface area contributed by atoms with Crippen LogP contribution < -0.4 is 5.73 Å². The number of likely N-dealkylation sites (tertiary alicyclic amines) is 1. The molecule has 1 heterocycles. The molecule has 3 N–H and O–H groups in total. The van der Waals surface area contributed by atoms with E-state index in [2.05, 4.69) is 11.8 Å². The van der Waals surface area contributed by atoms with E-state index in [4.69, 9.17) is 5.73 Å². The number of rotatable bonds is 14. The Morgan fingerprint density at radius 3 is 2.35 bits per heavy atom. The third-order valence-electron chi connectivity index (χ3n) is 6.34. The molecule has 0 aliphatic carbocycles. The van der Waals surface area contributed by atoms with Crippen LogP contribution in [0, 0.1) is 5.92 Å². The molecule has 1 aromatic rings. The zero-order valence-corrected chi connectivity index (χ0v) is 19.2. The predicted octanol–water partition coefficient (Wildman–Crippen LogP) is 4.15. The molecule has 2 unspecified atom stereocenters. The molecule has 0 aromatic heterocycles. The first-order valence-electron chi connectivity index (χ1n) is 12.1. The molecular weight excluding hydrogens is 390 g/mol. The van der Waals surface area contributed by atoms with Gasteiger partial charge < -0.3 is 10.6 Å². The number of nitrogens with two attached hydrogens (primary N) is 1. The summed E-state index contributed by atoms with van der Waals surface area (Å²) in [5, 5.41) is 11.7. The van der Waals surface area contributed by atoms with Crippen LogP contribution in [0.25, 0.3) is 0 Å². The second kappa shape index (κ2) is 14.2. The van der Waals surface area contributed by atoms with Gasteiger partial charge in [0.05, 0.1) is 6.04 Å². The topological polar surface area (TPSA) is 86.9 Å². The fraction of sp³-hybridized carbons (Fsp3) is 0.680. The smallest absolute Gasteiger partial charge is 0.258 e. The van der Waals surface area contributed by atoms with E-state index in [-0.39, 0.29) is 6.04 Å². The molecule has 1 fully saturated rings. The van der Waals surface area contributed by atoms with E-state index in [0.29, 0.717) is 19.4 Å². The van der Waals surface area contributed by atoms with Gasteiger partial charge in [-0.05, 0) is 50.8 Å². The highest BCUT2D eigenvalue weighted by Crippen LogP contribution is 2.19. The van der Waals surface area contributed by atoms with Crippen molar-refractivity contribution >= 4 is 11.8 Å². The van der Waals surface area contributed by atoms with Gasteiger partial charge in [0.2, 0.25) is 5.91 Å². The molecule has 2 atom stereocenters. The maximum absolute atomic E-state index is 13.1. The number of carbonyl (C=O) groups excluding carboxylic acids is 2. The second-order valence-electron chi connectivity index (χ2n) is 8.88. The normalized spacial score (nSPS) is 16.6. The molecule has 0 bridgehead atoms. The van der Waals surface area contributed by atoms with E-state index < -0.39 is 17.7 Å². The van der Waals surface area contributed by atoms with Gasteiger partial charge in [0.15, 0.2) is 0 Å². The quantitative estimate of drug-likeness (QED) is 0.200. The van der Waals surface area contributed by atoms with Crippen molar-refractivity contribution in [1.82, 2.24) is 9.96 Å². The van der Waals surface area contributed by atoms with E-state index in [0.717, 1.165) is 55.8 Å². The lowest BCUT2D eigenvalue weighted by atomic mass is 9.96. The number of piperidine rings is 1. The van der Waals surface area contributed by atoms with Gasteiger partial charge in [0.25, 0.3) is 5.91 Å². The highest BCUT2D eigenvalue weighted by atomic mass is 16.5. The Kier molecular flexibility index (Phi) is 11.6. The largest absolute Gasteiger partial charge is 0.369 e. The minimum absolute atomic E-state index is 0.300. The molecule has 1 aliphatic heterocycles. The fourth-order valence-electron chi connectivity index (χ4n) is 4.40. The lowest BCUT2D eigenvalue weighted by molar-refractivity contribution is -0.184. The maximum atomic E-state index is 13.1. The number of hydrogen-bond acceptors (Lipinski definition) is 4. The molecule has 6 nitrogen and oxygen atoms in total. The summed E-state index contributed by atoms with van der Waals surface area (Å²) in [5.41, 5.74) is 6.62. The molecule has 2 rings (SSSR count). The van der Waals surface area contributed by atoms with Gasteiger partial charge >= 0.3 is 0 Å². The van der Waals surface area contributed by atoms with Gasteiger partial charge in [0, 0.05) is 6.54 Å².